The second-order valence-corrected chi connectivity index (χ2v) is 5.23. The van der Waals surface area contributed by atoms with Crippen molar-refractivity contribution in [2.45, 2.75) is 12.5 Å². The molecule has 0 saturated carbocycles. The van der Waals surface area contributed by atoms with Crippen molar-refractivity contribution in [1.82, 2.24) is 5.32 Å². The maximum atomic E-state index is 12.9. The van der Waals surface area contributed by atoms with Crippen LogP contribution in [0.2, 0.25) is 0 Å². The molecule has 0 spiro atoms. The third-order valence-corrected chi connectivity index (χ3v) is 3.24. The molecule has 7 heteroatoms. The molecule has 0 aliphatic carbocycles. The van der Waals surface area contributed by atoms with Crippen LogP contribution >= 0.6 is 11.8 Å². The number of carbonyl (C=O) groups excluding carboxylic acids is 1. The fourth-order valence-electron chi connectivity index (χ4n) is 1.42. The van der Waals surface area contributed by atoms with E-state index in [2.05, 4.69) is 5.32 Å². The number of rotatable bonds is 5. The number of benzene rings is 1. The number of carbonyl (C=O) groups is 1. The van der Waals surface area contributed by atoms with Crippen molar-refractivity contribution >= 4 is 17.7 Å². The lowest BCUT2D eigenvalue weighted by Gasteiger charge is -2.22. The molecule has 0 aliphatic heterocycles. The summed E-state index contributed by atoms with van der Waals surface area (Å²) < 4.78 is 38.6. The number of hydrogen-bond acceptors (Lipinski definition) is 3. The predicted octanol–water partition coefficient (Wildman–Crippen LogP) is 1.95. The Morgan fingerprint density at radius 2 is 1.89 bits per heavy atom. The lowest BCUT2D eigenvalue weighted by atomic mass is 10.1. The van der Waals surface area contributed by atoms with E-state index in [1.807, 2.05) is 0 Å². The molecule has 1 aromatic carbocycles. The molecule has 0 aliphatic rings. The minimum absolute atomic E-state index is 0.0761. The van der Waals surface area contributed by atoms with E-state index in [4.69, 9.17) is 0 Å². The first-order chi connectivity index (χ1) is 8.76. The Labute approximate surface area is 113 Å². The monoisotopic (exact) mass is 293 g/mol. The van der Waals surface area contributed by atoms with Gasteiger partial charge in [-0.1, -0.05) is 0 Å². The molecular weight excluding hydrogens is 279 g/mol. The Morgan fingerprint density at radius 1 is 1.37 bits per heavy atom. The zero-order chi connectivity index (χ0) is 14.6. The number of thioether (sulfide) groups is 1. The average Bonchev–Trinajstić information content (AvgIpc) is 2.32. The summed E-state index contributed by atoms with van der Waals surface area (Å²) in [6.07, 6.45) is 1.79. The van der Waals surface area contributed by atoms with Gasteiger partial charge in [0.05, 0.1) is 5.60 Å². The summed E-state index contributed by atoms with van der Waals surface area (Å²) in [6, 6.07) is 1.22. The van der Waals surface area contributed by atoms with E-state index in [1.165, 1.54) is 18.7 Å². The van der Waals surface area contributed by atoms with Crippen LogP contribution in [0.25, 0.3) is 0 Å². The Kier molecular flexibility index (Phi) is 5.25. The molecule has 0 heterocycles. The van der Waals surface area contributed by atoms with Crippen molar-refractivity contribution in [3.05, 3.63) is 35.1 Å². The van der Waals surface area contributed by atoms with E-state index < -0.39 is 29.0 Å². The van der Waals surface area contributed by atoms with Crippen LogP contribution in [0.1, 0.15) is 17.3 Å². The lowest BCUT2D eigenvalue weighted by Crippen LogP contribution is -2.42. The Hall–Kier alpha value is -1.21. The maximum Gasteiger partial charge on any atom is 0.251 e. The molecule has 2 N–H and O–H groups in total. The summed E-state index contributed by atoms with van der Waals surface area (Å²) in [5.41, 5.74) is -1.47. The SMILES string of the molecule is CSC[C@@](C)(O)CNC(=O)c1cc(F)c(F)c(F)c1. The smallest absolute Gasteiger partial charge is 0.251 e. The molecule has 1 aromatic rings. The first kappa shape index (κ1) is 15.8. The van der Waals surface area contributed by atoms with Gasteiger partial charge < -0.3 is 10.4 Å². The largest absolute Gasteiger partial charge is 0.387 e. The fourth-order valence-corrected chi connectivity index (χ4v) is 2.15. The molecular formula is C12H14F3NO2S. The van der Waals surface area contributed by atoms with E-state index in [0.717, 1.165) is 0 Å². The molecule has 0 fully saturated rings. The van der Waals surface area contributed by atoms with Crippen molar-refractivity contribution < 1.29 is 23.1 Å². The fraction of sp³-hybridized carbons (Fsp3) is 0.417. The second-order valence-electron chi connectivity index (χ2n) is 4.37. The number of nitrogens with one attached hydrogen (secondary N) is 1. The lowest BCUT2D eigenvalue weighted by molar-refractivity contribution is 0.0724. The predicted molar refractivity (Wildman–Crippen MR) is 67.7 cm³/mol. The van der Waals surface area contributed by atoms with Crippen molar-refractivity contribution in [3.8, 4) is 0 Å². The van der Waals surface area contributed by atoms with Gasteiger partial charge in [0.1, 0.15) is 0 Å². The number of hydrogen-bond donors (Lipinski definition) is 2. The molecule has 1 amide bonds. The van der Waals surface area contributed by atoms with Crippen LogP contribution in [-0.2, 0) is 0 Å². The molecule has 3 nitrogen and oxygen atoms in total. The highest BCUT2D eigenvalue weighted by Gasteiger charge is 2.22. The molecule has 1 rings (SSSR count). The molecule has 0 bridgehead atoms. The van der Waals surface area contributed by atoms with Gasteiger partial charge in [0, 0.05) is 17.9 Å². The third-order valence-electron chi connectivity index (χ3n) is 2.33. The van der Waals surface area contributed by atoms with Crippen molar-refractivity contribution in [1.29, 1.82) is 0 Å². The van der Waals surface area contributed by atoms with Gasteiger partial charge in [-0.3, -0.25) is 4.79 Å². The molecule has 106 valence electrons. The Bertz CT molecular complexity index is 457. The topological polar surface area (TPSA) is 49.3 Å². The normalized spacial score (nSPS) is 14.0. The molecule has 0 aromatic heterocycles. The number of halogens is 3. The van der Waals surface area contributed by atoms with Gasteiger partial charge in [0.15, 0.2) is 17.5 Å². The average molecular weight is 293 g/mol. The van der Waals surface area contributed by atoms with Crippen molar-refractivity contribution in [2.24, 2.45) is 0 Å². The van der Waals surface area contributed by atoms with Crippen molar-refractivity contribution in [2.75, 3.05) is 18.6 Å². The van der Waals surface area contributed by atoms with Gasteiger partial charge >= 0.3 is 0 Å². The third kappa shape index (κ3) is 4.43. The highest BCUT2D eigenvalue weighted by molar-refractivity contribution is 7.98. The second kappa shape index (κ2) is 6.29. The van der Waals surface area contributed by atoms with E-state index in [0.29, 0.717) is 17.9 Å². The summed E-state index contributed by atoms with van der Waals surface area (Å²) in [5.74, 6) is -4.87. The van der Waals surface area contributed by atoms with Crippen LogP contribution in [0.15, 0.2) is 12.1 Å². The van der Waals surface area contributed by atoms with Crippen LogP contribution < -0.4 is 5.32 Å². The molecule has 19 heavy (non-hydrogen) atoms. The molecule has 0 saturated heterocycles. The molecule has 0 unspecified atom stereocenters. The zero-order valence-corrected chi connectivity index (χ0v) is 11.3. The summed E-state index contributed by atoms with van der Waals surface area (Å²) in [6.45, 7) is 1.45. The van der Waals surface area contributed by atoms with Crippen LogP contribution in [0.3, 0.4) is 0 Å². The highest BCUT2D eigenvalue weighted by Crippen LogP contribution is 2.14. The van der Waals surface area contributed by atoms with Crippen LogP contribution in [-0.4, -0.2) is 35.2 Å². The Balaban J connectivity index is 2.74. The zero-order valence-electron chi connectivity index (χ0n) is 10.5. The van der Waals surface area contributed by atoms with E-state index in [1.54, 1.807) is 6.26 Å². The summed E-state index contributed by atoms with van der Waals surface area (Å²) in [7, 11) is 0. The van der Waals surface area contributed by atoms with Crippen LogP contribution in [0.4, 0.5) is 13.2 Å². The van der Waals surface area contributed by atoms with E-state index >= 15 is 0 Å². The van der Waals surface area contributed by atoms with Gasteiger partial charge in [-0.25, -0.2) is 13.2 Å². The standard InChI is InChI=1S/C12H14F3NO2S/c1-12(18,6-19-2)5-16-11(17)7-3-8(13)10(15)9(14)4-7/h3-4,18H,5-6H2,1-2H3,(H,16,17)/t12-/m0/s1. The minimum atomic E-state index is -1.62. The van der Waals surface area contributed by atoms with Crippen molar-refractivity contribution in [3.63, 3.8) is 0 Å². The van der Waals surface area contributed by atoms with E-state index in [9.17, 15) is 23.1 Å². The summed E-state index contributed by atoms with van der Waals surface area (Å²) >= 11 is 1.39. The maximum absolute atomic E-state index is 12.9. The van der Waals surface area contributed by atoms with Gasteiger partial charge in [0.25, 0.3) is 5.91 Å². The molecule has 0 radical (unpaired) electrons. The van der Waals surface area contributed by atoms with E-state index in [-0.39, 0.29) is 12.1 Å². The highest BCUT2D eigenvalue weighted by atomic mass is 32.2. The van der Waals surface area contributed by atoms with Crippen LogP contribution in [0.5, 0.6) is 0 Å². The number of aliphatic hydroxyl groups is 1. The summed E-state index contributed by atoms with van der Waals surface area (Å²) in [5, 5.41) is 12.2. The molecule has 1 atom stereocenters. The number of amides is 1. The first-order valence-corrected chi connectivity index (χ1v) is 6.80. The quantitative estimate of drug-likeness (QED) is 0.816. The van der Waals surface area contributed by atoms with Gasteiger partial charge in [-0.15, -0.1) is 0 Å². The summed E-state index contributed by atoms with van der Waals surface area (Å²) in [4.78, 5) is 11.6. The Morgan fingerprint density at radius 3 is 2.37 bits per heavy atom. The van der Waals surface area contributed by atoms with Gasteiger partial charge in [0.2, 0.25) is 0 Å². The van der Waals surface area contributed by atoms with Gasteiger partial charge in [-0.2, -0.15) is 11.8 Å². The first-order valence-electron chi connectivity index (χ1n) is 5.41. The van der Waals surface area contributed by atoms with Gasteiger partial charge in [-0.05, 0) is 25.3 Å². The van der Waals surface area contributed by atoms with Crippen LogP contribution in [0, 0.1) is 17.5 Å². The minimum Gasteiger partial charge on any atom is -0.387 e.